The van der Waals surface area contributed by atoms with Gasteiger partial charge in [-0.05, 0) is 49.1 Å². The number of hydrogen-bond acceptors (Lipinski definition) is 2. The molecule has 1 aliphatic carbocycles. The molecule has 0 radical (unpaired) electrons. The lowest BCUT2D eigenvalue weighted by Gasteiger charge is -2.38. The van der Waals surface area contributed by atoms with Crippen LogP contribution in [0, 0.1) is 5.92 Å². The van der Waals surface area contributed by atoms with Crippen molar-refractivity contribution in [3.63, 3.8) is 0 Å². The molecule has 2 nitrogen and oxygen atoms in total. The van der Waals surface area contributed by atoms with Gasteiger partial charge in [0.15, 0.2) is 0 Å². The van der Waals surface area contributed by atoms with Gasteiger partial charge in [-0.3, -0.25) is 0 Å². The van der Waals surface area contributed by atoms with Gasteiger partial charge in [0.05, 0.1) is 6.61 Å². The Morgan fingerprint density at radius 1 is 1.26 bits per heavy atom. The zero-order valence-corrected chi connectivity index (χ0v) is 12.9. The van der Waals surface area contributed by atoms with Gasteiger partial charge in [-0.25, -0.2) is 0 Å². The van der Waals surface area contributed by atoms with Gasteiger partial charge in [-0.15, -0.1) is 0 Å². The molecule has 1 aromatic carbocycles. The first-order chi connectivity index (χ1) is 9.33. The summed E-state index contributed by atoms with van der Waals surface area (Å²) in [7, 11) is 0. The van der Waals surface area contributed by atoms with Gasteiger partial charge < -0.3 is 10.1 Å². The molecule has 0 bridgehead atoms. The summed E-state index contributed by atoms with van der Waals surface area (Å²) in [5.41, 5.74) is 1.47. The molecule has 1 heterocycles. The van der Waals surface area contributed by atoms with Gasteiger partial charge in [-0.1, -0.05) is 34.1 Å². The molecule has 1 saturated heterocycles. The molecule has 1 N–H and O–H groups in total. The first-order valence-corrected chi connectivity index (χ1v) is 8.18. The van der Waals surface area contributed by atoms with Crippen LogP contribution in [0.2, 0.25) is 0 Å². The van der Waals surface area contributed by atoms with Gasteiger partial charge in [0.25, 0.3) is 0 Å². The standard InChI is InChI=1S/C16H22BrNO/c17-16-6-2-1-5-15(16)13-8-14(9-13)18-10-12-4-3-7-19-11-12/h1-2,5-6,12-14,18H,3-4,7-11H2. The highest BCUT2D eigenvalue weighted by Gasteiger charge is 2.31. The molecule has 0 aromatic heterocycles. The Bertz CT molecular complexity index is 411. The topological polar surface area (TPSA) is 21.3 Å². The van der Waals surface area contributed by atoms with Crippen LogP contribution in [0.4, 0.5) is 0 Å². The molecule has 2 aliphatic rings. The van der Waals surface area contributed by atoms with Crippen molar-refractivity contribution in [2.24, 2.45) is 5.92 Å². The maximum atomic E-state index is 5.53. The second-order valence-electron chi connectivity index (χ2n) is 5.88. The monoisotopic (exact) mass is 323 g/mol. The van der Waals surface area contributed by atoms with Crippen molar-refractivity contribution >= 4 is 15.9 Å². The lowest BCUT2D eigenvalue weighted by Crippen LogP contribution is -2.43. The van der Waals surface area contributed by atoms with E-state index in [1.807, 2.05) is 0 Å². The fourth-order valence-electron chi connectivity index (χ4n) is 3.15. The van der Waals surface area contributed by atoms with Crippen molar-refractivity contribution in [1.29, 1.82) is 0 Å². The molecule has 3 rings (SSSR count). The molecule has 104 valence electrons. The van der Waals surface area contributed by atoms with E-state index in [1.54, 1.807) is 0 Å². The summed E-state index contributed by atoms with van der Waals surface area (Å²) in [5.74, 6) is 1.46. The van der Waals surface area contributed by atoms with E-state index in [0.29, 0.717) is 6.04 Å². The van der Waals surface area contributed by atoms with Crippen LogP contribution in [-0.2, 0) is 4.74 Å². The van der Waals surface area contributed by atoms with E-state index in [1.165, 1.54) is 35.7 Å². The number of hydrogen-bond donors (Lipinski definition) is 1. The smallest absolute Gasteiger partial charge is 0.0506 e. The highest BCUT2D eigenvalue weighted by atomic mass is 79.9. The summed E-state index contributed by atoms with van der Waals surface area (Å²) in [6.45, 7) is 3.05. The van der Waals surface area contributed by atoms with Gasteiger partial charge in [0.1, 0.15) is 0 Å². The van der Waals surface area contributed by atoms with Crippen LogP contribution < -0.4 is 5.32 Å². The first kappa shape index (κ1) is 13.6. The van der Waals surface area contributed by atoms with E-state index >= 15 is 0 Å². The molecule has 2 fully saturated rings. The van der Waals surface area contributed by atoms with Crippen LogP contribution in [0.1, 0.15) is 37.2 Å². The molecule has 1 atom stereocenters. The number of nitrogens with one attached hydrogen (secondary N) is 1. The van der Waals surface area contributed by atoms with E-state index in [0.717, 1.165) is 31.6 Å². The third kappa shape index (κ3) is 3.39. The van der Waals surface area contributed by atoms with E-state index in [9.17, 15) is 0 Å². The fraction of sp³-hybridized carbons (Fsp3) is 0.625. The molecule has 0 spiro atoms. The maximum Gasteiger partial charge on any atom is 0.0506 e. The highest BCUT2D eigenvalue weighted by molar-refractivity contribution is 9.10. The van der Waals surface area contributed by atoms with E-state index in [-0.39, 0.29) is 0 Å². The summed E-state index contributed by atoms with van der Waals surface area (Å²) in [5, 5.41) is 3.71. The molecular formula is C16H22BrNO. The molecular weight excluding hydrogens is 302 g/mol. The summed E-state index contributed by atoms with van der Waals surface area (Å²) < 4.78 is 6.79. The van der Waals surface area contributed by atoms with Crippen LogP contribution in [-0.4, -0.2) is 25.8 Å². The average Bonchev–Trinajstić information content (AvgIpc) is 2.40. The van der Waals surface area contributed by atoms with Crippen LogP contribution in [0.15, 0.2) is 28.7 Å². The Kier molecular flexibility index (Phi) is 4.57. The van der Waals surface area contributed by atoms with Gasteiger partial charge >= 0.3 is 0 Å². The minimum Gasteiger partial charge on any atom is -0.381 e. The minimum atomic E-state index is 0.707. The van der Waals surface area contributed by atoms with Crippen molar-refractivity contribution in [3.05, 3.63) is 34.3 Å². The maximum absolute atomic E-state index is 5.53. The number of benzene rings is 1. The van der Waals surface area contributed by atoms with Crippen LogP contribution >= 0.6 is 15.9 Å². The van der Waals surface area contributed by atoms with E-state index in [4.69, 9.17) is 4.74 Å². The third-order valence-electron chi connectivity index (χ3n) is 4.43. The van der Waals surface area contributed by atoms with Crippen LogP contribution in [0.3, 0.4) is 0 Å². The summed E-state index contributed by atoms with van der Waals surface area (Å²) in [6.07, 6.45) is 5.11. The predicted molar refractivity (Wildman–Crippen MR) is 81.5 cm³/mol. The minimum absolute atomic E-state index is 0.707. The molecule has 1 saturated carbocycles. The van der Waals surface area contributed by atoms with Crippen molar-refractivity contribution in [2.75, 3.05) is 19.8 Å². The Hall–Kier alpha value is -0.380. The first-order valence-electron chi connectivity index (χ1n) is 7.38. The van der Waals surface area contributed by atoms with Crippen LogP contribution in [0.5, 0.6) is 0 Å². The summed E-state index contributed by atoms with van der Waals surface area (Å²) in [4.78, 5) is 0. The largest absolute Gasteiger partial charge is 0.381 e. The summed E-state index contributed by atoms with van der Waals surface area (Å²) >= 11 is 3.66. The van der Waals surface area contributed by atoms with E-state index < -0.39 is 0 Å². The molecule has 3 heteroatoms. The molecule has 1 unspecified atom stereocenters. The van der Waals surface area contributed by atoms with Crippen molar-refractivity contribution < 1.29 is 4.74 Å². The Morgan fingerprint density at radius 2 is 2.11 bits per heavy atom. The lowest BCUT2D eigenvalue weighted by atomic mass is 9.75. The average molecular weight is 324 g/mol. The second kappa shape index (κ2) is 6.38. The van der Waals surface area contributed by atoms with Crippen molar-refractivity contribution in [3.8, 4) is 0 Å². The molecule has 0 amide bonds. The van der Waals surface area contributed by atoms with Crippen molar-refractivity contribution in [2.45, 2.75) is 37.6 Å². The van der Waals surface area contributed by atoms with Crippen LogP contribution in [0.25, 0.3) is 0 Å². The van der Waals surface area contributed by atoms with Gasteiger partial charge in [0, 0.05) is 23.7 Å². The quantitative estimate of drug-likeness (QED) is 0.912. The zero-order chi connectivity index (χ0) is 13.1. The van der Waals surface area contributed by atoms with E-state index in [2.05, 4.69) is 45.5 Å². The molecule has 1 aromatic rings. The number of rotatable bonds is 4. The Balaban J connectivity index is 1.42. The lowest BCUT2D eigenvalue weighted by molar-refractivity contribution is 0.0521. The number of ether oxygens (including phenoxy) is 1. The third-order valence-corrected chi connectivity index (χ3v) is 5.16. The number of halogens is 1. The Labute approximate surface area is 124 Å². The summed E-state index contributed by atoms with van der Waals surface area (Å²) in [6, 6.07) is 9.33. The highest BCUT2D eigenvalue weighted by Crippen LogP contribution is 2.40. The normalized spacial score (nSPS) is 30.9. The Morgan fingerprint density at radius 3 is 2.84 bits per heavy atom. The van der Waals surface area contributed by atoms with Crippen molar-refractivity contribution in [1.82, 2.24) is 5.32 Å². The molecule has 1 aliphatic heterocycles. The fourth-order valence-corrected chi connectivity index (χ4v) is 3.75. The SMILES string of the molecule is Brc1ccccc1C1CC(NCC2CCCOC2)C1. The zero-order valence-electron chi connectivity index (χ0n) is 11.3. The molecule has 19 heavy (non-hydrogen) atoms. The van der Waals surface area contributed by atoms with Gasteiger partial charge in [-0.2, -0.15) is 0 Å². The van der Waals surface area contributed by atoms with Gasteiger partial charge in [0.2, 0.25) is 0 Å². The predicted octanol–water partition coefficient (Wildman–Crippen LogP) is 3.71. The second-order valence-corrected chi connectivity index (χ2v) is 6.73.